The van der Waals surface area contributed by atoms with Crippen LogP contribution in [0, 0.1) is 6.92 Å². The van der Waals surface area contributed by atoms with Crippen molar-refractivity contribution in [3.63, 3.8) is 0 Å². The van der Waals surface area contributed by atoms with E-state index in [9.17, 15) is 9.59 Å². The standard InChI is InChI=1S/C15H21N3O2/c1-10(2)16-15(20)17-13-8-9-18(14(13)19)12-6-4-11(3)5-7-12/h4-7,10,13H,8-9H2,1-3H3,(H2,16,17,20)/t13-/m1/s1. The molecule has 1 heterocycles. The van der Waals surface area contributed by atoms with E-state index in [1.165, 1.54) is 0 Å². The Bertz CT molecular complexity index is 496. The smallest absolute Gasteiger partial charge is 0.315 e. The molecular formula is C15H21N3O2. The molecule has 0 saturated carbocycles. The lowest BCUT2D eigenvalue weighted by atomic mass is 10.2. The largest absolute Gasteiger partial charge is 0.336 e. The van der Waals surface area contributed by atoms with Gasteiger partial charge in [-0.2, -0.15) is 0 Å². The first-order chi connectivity index (χ1) is 9.47. The number of hydrogen-bond donors (Lipinski definition) is 2. The average Bonchev–Trinajstić information content (AvgIpc) is 2.71. The first-order valence-electron chi connectivity index (χ1n) is 6.92. The number of nitrogens with one attached hydrogen (secondary N) is 2. The molecule has 108 valence electrons. The molecule has 1 atom stereocenters. The van der Waals surface area contributed by atoms with E-state index in [1.54, 1.807) is 4.90 Å². The number of nitrogens with zero attached hydrogens (tertiary/aromatic N) is 1. The van der Waals surface area contributed by atoms with Gasteiger partial charge < -0.3 is 15.5 Å². The summed E-state index contributed by atoms with van der Waals surface area (Å²) in [5, 5.41) is 5.46. The highest BCUT2D eigenvalue weighted by Gasteiger charge is 2.33. The van der Waals surface area contributed by atoms with Gasteiger partial charge in [-0.1, -0.05) is 17.7 Å². The molecule has 0 radical (unpaired) electrons. The number of carbonyl (C=O) groups is 2. The molecule has 1 aromatic carbocycles. The summed E-state index contributed by atoms with van der Waals surface area (Å²) in [5.74, 6) is -0.0484. The molecule has 3 amide bonds. The van der Waals surface area contributed by atoms with Crippen molar-refractivity contribution >= 4 is 17.6 Å². The van der Waals surface area contributed by atoms with Crippen molar-refractivity contribution in [1.29, 1.82) is 0 Å². The molecule has 5 heteroatoms. The highest BCUT2D eigenvalue weighted by atomic mass is 16.2. The number of rotatable bonds is 3. The SMILES string of the molecule is Cc1ccc(N2CC[C@@H](NC(=O)NC(C)C)C2=O)cc1. The maximum Gasteiger partial charge on any atom is 0.315 e. The van der Waals surface area contributed by atoms with Gasteiger partial charge in [-0.15, -0.1) is 0 Å². The van der Waals surface area contributed by atoms with Gasteiger partial charge >= 0.3 is 6.03 Å². The van der Waals surface area contributed by atoms with Crippen molar-refractivity contribution < 1.29 is 9.59 Å². The van der Waals surface area contributed by atoms with Crippen LogP contribution in [0.25, 0.3) is 0 Å². The fourth-order valence-electron chi connectivity index (χ4n) is 2.26. The molecule has 1 saturated heterocycles. The number of urea groups is 1. The third kappa shape index (κ3) is 3.29. The molecule has 0 spiro atoms. The van der Waals surface area contributed by atoms with Crippen molar-refractivity contribution in [3.05, 3.63) is 29.8 Å². The number of hydrogen-bond acceptors (Lipinski definition) is 2. The van der Waals surface area contributed by atoms with Gasteiger partial charge in [0, 0.05) is 18.3 Å². The van der Waals surface area contributed by atoms with Gasteiger partial charge in [0.05, 0.1) is 0 Å². The molecular weight excluding hydrogens is 254 g/mol. The summed E-state index contributed by atoms with van der Waals surface area (Å²) in [6, 6.07) is 7.16. The summed E-state index contributed by atoms with van der Waals surface area (Å²) in [7, 11) is 0. The van der Waals surface area contributed by atoms with Crippen molar-refractivity contribution in [1.82, 2.24) is 10.6 Å². The van der Waals surface area contributed by atoms with Crippen LogP contribution in [-0.4, -0.2) is 30.6 Å². The fraction of sp³-hybridized carbons (Fsp3) is 0.467. The van der Waals surface area contributed by atoms with Crippen molar-refractivity contribution in [3.8, 4) is 0 Å². The van der Waals surface area contributed by atoms with E-state index in [0.29, 0.717) is 13.0 Å². The Balaban J connectivity index is 1.99. The fourth-order valence-corrected chi connectivity index (χ4v) is 2.26. The van der Waals surface area contributed by atoms with E-state index in [-0.39, 0.29) is 18.0 Å². The number of amides is 3. The van der Waals surface area contributed by atoms with Crippen LogP contribution in [0.5, 0.6) is 0 Å². The first-order valence-corrected chi connectivity index (χ1v) is 6.92. The number of aryl methyl sites for hydroxylation is 1. The second kappa shape index (κ2) is 5.94. The summed E-state index contributed by atoms with van der Waals surface area (Å²) in [4.78, 5) is 25.7. The molecule has 1 fully saturated rings. The Morgan fingerprint density at radius 1 is 1.30 bits per heavy atom. The Morgan fingerprint density at radius 2 is 1.95 bits per heavy atom. The third-order valence-corrected chi connectivity index (χ3v) is 3.28. The van der Waals surface area contributed by atoms with Crippen LogP contribution in [0.3, 0.4) is 0 Å². The monoisotopic (exact) mass is 275 g/mol. The van der Waals surface area contributed by atoms with E-state index < -0.39 is 6.04 Å². The lowest BCUT2D eigenvalue weighted by Crippen LogP contribution is -2.47. The quantitative estimate of drug-likeness (QED) is 0.883. The number of carbonyl (C=O) groups excluding carboxylic acids is 2. The summed E-state index contributed by atoms with van der Waals surface area (Å²) in [5.41, 5.74) is 2.04. The van der Waals surface area contributed by atoms with Crippen LogP contribution in [0.1, 0.15) is 25.8 Å². The van der Waals surface area contributed by atoms with Crippen LogP contribution >= 0.6 is 0 Å². The van der Waals surface area contributed by atoms with E-state index >= 15 is 0 Å². The molecule has 2 N–H and O–H groups in total. The molecule has 20 heavy (non-hydrogen) atoms. The van der Waals surface area contributed by atoms with Gasteiger partial charge in [0.2, 0.25) is 5.91 Å². The molecule has 1 aliphatic rings. The lowest BCUT2D eigenvalue weighted by molar-refractivity contribution is -0.118. The van der Waals surface area contributed by atoms with Gasteiger partial charge in [0.15, 0.2) is 0 Å². The van der Waals surface area contributed by atoms with Gasteiger partial charge in [-0.25, -0.2) is 4.79 Å². The minimum Gasteiger partial charge on any atom is -0.336 e. The Morgan fingerprint density at radius 3 is 2.55 bits per heavy atom. The van der Waals surface area contributed by atoms with Crippen LogP contribution in [0.2, 0.25) is 0 Å². The number of anilines is 1. The summed E-state index contributed by atoms with van der Waals surface area (Å²) < 4.78 is 0. The molecule has 0 bridgehead atoms. The summed E-state index contributed by atoms with van der Waals surface area (Å²) in [6.07, 6.45) is 0.637. The summed E-state index contributed by atoms with van der Waals surface area (Å²) >= 11 is 0. The highest BCUT2D eigenvalue weighted by Crippen LogP contribution is 2.21. The molecule has 1 aliphatic heterocycles. The molecule has 0 unspecified atom stereocenters. The van der Waals surface area contributed by atoms with Gasteiger partial charge in [0.25, 0.3) is 0 Å². The summed E-state index contributed by atoms with van der Waals surface area (Å²) in [6.45, 7) is 6.41. The lowest BCUT2D eigenvalue weighted by Gasteiger charge is -2.18. The molecule has 5 nitrogen and oxygen atoms in total. The minimum atomic E-state index is -0.435. The molecule has 0 aliphatic carbocycles. The zero-order valence-electron chi connectivity index (χ0n) is 12.1. The average molecular weight is 275 g/mol. The topological polar surface area (TPSA) is 61.4 Å². The number of benzene rings is 1. The Kier molecular flexibility index (Phi) is 4.27. The maximum absolute atomic E-state index is 12.3. The maximum atomic E-state index is 12.3. The van der Waals surface area contributed by atoms with Crippen LogP contribution < -0.4 is 15.5 Å². The molecule has 1 aromatic rings. The zero-order chi connectivity index (χ0) is 14.7. The van der Waals surface area contributed by atoms with E-state index in [4.69, 9.17) is 0 Å². The van der Waals surface area contributed by atoms with Crippen LogP contribution in [0.4, 0.5) is 10.5 Å². The second-order valence-corrected chi connectivity index (χ2v) is 5.44. The normalized spacial score (nSPS) is 18.5. The minimum absolute atomic E-state index is 0.0484. The van der Waals surface area contributed by atoms with E-state index in [0.717, 1.165) is 11.3 Å². The molecule has 2 rings (SSSR count). The first kappa shape index (κ1) is 14.4. The predicted octanol–water partition coefficient (Wildman–Crippen LogP) is 1.81. The Hall–Kier alpha value is -2.04. The second-order valence-electron chi connectivity index (χ2n) is 5.44. The van der Waals surface area contributed by atoms with Gasteiger partial charge in [-0.05, 0) is 39.3 Å². The van der Waals surface area contributed by atoms with Crippen LogP contribution in [0.15, 0.2) is 24.3 Å². The van der Waals surface area contributed by atoms with Gasteiger partial charge in [-0.3, -0.25) is 4.79 Å². The van der Waals surface area contributed by atoms with Crippen molar-refractivity contribution in [2.75, 3.05) is 11.4 Å². The van der Waals surface area contributed by atoms with E-state index in [1.807, 2.05) is 45.0 Å². The van der Waals surface area contributed by atoms with Crippen molar-refractivity contribution in [2.24, 2.45) is 0 Å². The molecule has 0 aromatic heterocycles. The van der Waals surface area contributed by atoms with Crippen molar-refractivity contribution in [2.45, 2.75) is 39.3 Å². The zero-order valence-corrected chi connectivity index (χ0v) is 12.1. The Labute approximate surface area is 119 Å². The highest BCUT2D eigenvalue weighted by molar-refractivity contribution is 6.01. The predicted molar refractivity (Wildman–Crippen MR) is 78.7 cm³/mol. The van der Waals surface area contributed by atoms with E-state index in [2.05, 4.69) is 10.6 Å². The van der Waals surface area contributed by atoms with Crippen LogP contribution in [-0.2, 0) is 4.79 Å². The third-order valence-electron chi connectivity index (χ3n) is 3.28. The van der Waals surface area contributed by atoms with Gasteiger partial charge in [0.1, 0.15) is 6.04 Å².